The Kier molecular flexibility index (Phi) is 6.74. The lowest BCUT2D eigenvalue weighted by atomic mass is 10.1. The van der Waals surface area contributed by atoms with Crippen molar-refractivity contribution < 1.29 is 14.6 Å². The summed E-state index contributed by atoms with van der Waals surface area (Å²) >= 11 is 0. The molecule has 0 amide bonds. The van der Waals surface area contributed by atoms with E-state index < -0.39 is 11.5 Å². The maximum atomic E-state index is 12.7. The van der Waals surface area contributed by atoms with Crippen LogP contribution in [0.15, 0.2) is 65.5 Å². The molecule has 0 unspecified atom stereocenters. The van der Waals surface area contributed by atoms with Gasteiger partial charge in [0, 0.05) is 23.7 Å². The van der Waals surface area contributed by atoms with Crippen LogP contribution in [0.1, 0.15) is 26.6 Å². The predicted octanol–water partition coefficient (Wildman–Crippen LogP) is 3.83. The highest BCUT2D eigenvalue weighted by Gasteiger charge is 2.26. The van der Waals surface area contributed by atoms with E-state index in [4.69, 9.17) is 4.74 Å². The number of aromatic nitrogens is 2. The molecule has 1 aromatic heterocycles. The molecule has 0 atom stereocenters. The van der Waals surface area contributed by atoms with Crippen molar-refractivity contribution in [1.29, 1.82) is 0 Å². The second-order valence-electron chi connectivity index (χ2n) is 7.70. The van der Waals surface area contributed by atoms with E-state index in [2.05, 4.69) is 10.3 Å². The smallest absolute Gasteiger partial charge is 0.328 e. The van der Waals surface area contributed by atoms with Crippen LogP contribution in [0, 0.1) is 0 Å². The average Bonchev–Trinajstić information content (AvgIpc) is 2.76. The number of carboxylic acids is 1. The largest absolute Gasteiger partial charge is 0.492 e. The van der Waals surface area contributed by atoms with Gasteiger partial charge in [-0.15, -0.1) is 0 Å². The van der Waals surface area contributed by atoms with Gasteiger partial charge in [-0.3, -0.25) is 9.36 Å². The first kappa shape index (κ1) is 22.1. The summed E-state index contributed by atoms with van der Waals surface area (Å²) in [5, 5.41) is 12.2. The monoisotopic (exact) mass is 421 g/mol. The molecule has 0 aliphatic heterocycles. The molecule has 0 radical (unpaired) electrons. The molecular formula is C24H27N3O4. The summed E-state index contributed by atoms with van der Waals surface area (Å²) in [4.78, 5) is 28.6. The summed E-state index contributed by atoms with van der Waals surface area (Å²) in [6.45, 7) is 5.86. The minimum atomic E-state index is -1.07. The number of ether oxygens (including phenoxy) is 1. The Hall–Kier alpha value is -3.61. The summed E-state index contributed by atoms with van der Waals surface area (Å²) in [6.07, 6.45) is 0.635. The van der Waals surface area contributed by atoms with E-state index in [1.807, 2.05) is 37.3 Å². The fourth-order valence-corrected chi connectivity index (χ4v) is 3.12. The minimum Gasteiger partial charge on any atom is -0.492 e. The second-order valence-corrected chi connectivity index (χ2v) is 7.70. The van der Waals surface area contributed by atoms with E-state index >= 15 is 0 Å². The van der Waals surface area contributed by atoms with E-state index in [0.717, 1.165) is 5.56 Å². The van der Waals surface area contributed by atoms with Crippen LogP contribution in [0.2, 0.25) is 0 Å². The predicted molar refractivity (Wildman–Crippen MR) is 121 cm³/mol. The van der Waals surface area contributed by atoms with Gasteiger partial charge in [-0.1, -0.05) is 37.3 Å². The number of carbonyl (C=O) groups is 1. The lowest BCUT2D eigenvalue weighted by molar-refractivity contribution is -0.141. The highest BCUT2D eigenvalue weighted by atomic mass is 16.5. The van der Waals surface area contributed by atoms with Crippen LogP contribution in [0.25, 0.3) is 11.3 Å². The average molecular weight is 421 g/mol. The SMILES string of the molecule is CCc1nc(-c2ccccc2)cc(=O)n1CCOc1ccc(NC(C)(C)C(=O)O)cc1. The van der Waals surface area contributed by atoms with Crippen molar-refractivity contribution in [1.82, 2.24) is 9.55 Å². The number of anilines is 1. The van der Waals surface area contributed by atoms with Crippen LogP contribution in [-0.4, -0.2) is 32.8 Å². The van der Waals surface area contributed by atoms with Crippen LogP contribution < -0.4 is 15.6 Å². The van der Waals surface area contributed by atoms with Crippen LogP contribution in [-0.2, 0) is 17.8 Å². The van der Waals surface area contributed by atoms with Crippen LogP contribution in [0.4, 0.5) is 5.69 Å². The lowest BCUT2D eigenvalue weighted by Crippen LogP contribution is -2.39. The molecule has 1 heterocycles. The molecule has 162 valence electrons. The maximum Gasteiger partial charge on any atom is 0.328 e. The van der Waals surface area contributed by atoms with Gasteiger partial charge in [0.2, 0.25) is 0 Å². The number of carboxylic acid groups (broad SMARTS) is 1. The number of rotatable bonds is 9. The molecule has 7 heteroatoms. The number of hydrogen-bond acceptors (Lipinski definition) is 5. The summed E-state index contributed by atoms with van der Waals surface area (Å²) in [7, 11) is 0. The number of benzene rings is 2. The summed E-state index contributed by atoms with van der Waals surface area (Å²) in [6, 6.07) is 18.3. The molecule has 3 aromatic rings. The number of aliphatic carboxylic acids is 1. The molecule has 2 aromatic carbocycles. The fraction of sp³-hybridized carbons (Fsp3) is 0.292. The Balaban J connectivity index is 1.65. The molecule has 0 saturated heterocycles. The van der Waals surface area contributed by atoms with Gasteiger partial charge in [-0.2, -0.15) is 0 Å². The molecule has 31 heavy (non-hydrogen) atoms. The molecule has 0 aliphatic rings. The molecule has 3 rings (SSSR count). The molecular weight excluding hydrogens is 394 g/mol. The van der Waals surface area contributed by atoms with Crippen LogP contribution >= 0.6 is 0 Å². The zero-order valence-electron chi connectivity index (χ0n) is 18.0. The Morgan fingerprint density at radius 2 is 1.81 bits per heavy atom. The van der Waals surface area contributed by atoms with E-state index in [-0.39, 0.29) is 5.56 Å². The van der Waals surface area contributed by atoms with Gasteiger partial charge < -0.3 is 15.2 Å². The summed E-state index contributed by atoms with van der Waals surface area (Å²) in [5.74, 6) is 0.418. The Labute approximate surface area is 181 Å². The van der Waals surface area contributed by atoms with Crippen molar-refractivity contribution in [3.05, 3.63) is 76.8 Å². The highest BCUT2D eigenvalue weighted by molar-refractivity contribution is 5.81. The van der Waals surface area contributed by atoms with Gasteiger partial charge in [-0.05, 0) is 38.1 Å². The molecule has 0 saturated carbocycles. The zero-order valence-corrected chi connectivity index (χ0v) is 18.0. The van der Waals surface area contributed by atoms with Crippen molar-refractivity contribution in [3.63, 3.8) is 0 Å². The number of nitrogens with one attached hydrogen (secondary N) is 1. The third-order valence-corrected chi connectivity index (χ3v) is 4.90. The fourth-order valence-electron chi connectivity index (χ4n) is 3.12. The number of aryl methyl sites for hydroxylation is 1. The first-order chi connectivity index (χ1) is 14.8. The first-order valence-corrected chi connectivity index (χ1v) is 10.2. The normalized spacial score (nSPS) is 11.2. The van der Waals surface area contributed by atoms with Crippen molar-refractivity contribution in [2.45, 2.75) is 39.3 Å². The Morgan fingerprint density at radius 1 is 1.13 bits per heavy atom. The van der Waals surface area contributed by atoms with Crippen LogP contribution in [0.3, 0.4) is 0 Å². The van der Waals surface area contributed by atoms with Gasteiger partial charge >= 0.3 is 5.97 Å². The number of nitrogens with zero attached hydrogens (tertiary/aromatic N) is 2. The quantitative estimate of drug-likeness (QED) is 0.545. The highest BCUT2D eigenvalue weighted by Crippen LogP contribution is 2.20. The van der Waals surface area contributed by atoms with E-state index in [9.17, 15) is 14.7 Å². The van der Waals surface area contributed by atoms with Gasteiger partial charge in [0.1, 0.15) is 23.7 Å². The zero-order chi connectivity index (χ0) is 22.4. The second kappa shape index (κ2) is 9.47. The van der Waals surface area contributed by atoms with Crippen molar-refractivity contribution >= 4 is 11.7 Å². The van der Waals surface area contributed by atoms with E-state index in [1.54, 1.807) is 48.7 Å². The Morgan fingerprint density at radius 3 is 2.42 bits per heavy atom. The van der Waals surface area contributed by atoms with Crippen LogP contribution in [0.5, 0.6) is 5.75 Å². The third kappa shape index (κ3) is 5.51. The summed E-state index contributed by atoms with van der Waals surface area (Å²) in [5.41, 5.74) is 1.10. The first-order valence-electron chi connectivity index (χ1n) is 10.2. The third-order valence-electron chi connectivity index (χ3n) is 4.90. The van der Waals surface area contributed by atoms with Gasteiger partial charge in [-0.25, -0.2) is 9.78 Å². The topological polar surface area (TPSA) is 93.5 Å². The standard InChI is InChI=1S/C24H27N3O4/c1-4-21-25-20(17-8-6-5-7-9-17)16-22(28)27(21)14-15-31-19-12-10-18(11-13-19)26-24(2,3)23(29)30/h5-13,16,26H,4,14-15H2,1-3H3,(H,29,30). The molecule has 7 nitrogen and oxygen atoms in total. The van der Waals surface area contributed by atoms with E-state index in [0.29, 0.717) is 42.5 Å². The van der Waals surface area contributed by atoms with Crippen molar-refractivity contribution in [3.8, 4) is 17.0 Å². The van der Waals surface area contributed by atoms with Crippen molar-refractivity contribution in [2.75, 3.05) is 11.9 Å². The van der Waals surface area contributed by atoms with Gasteiger partial charge in [0.25, 0.3) is 5.56 Å². The van der Waals surface area contributed by atoms with Crippen molar-refractivity contribution in [2.24, 2.45) is 0 Å². The minimum absolute atomic E-state index is 0.107. The lowest BCUT2D eigenvalue weighted by Gasteiger charge is -2.22. The molecule has 0 fully saturated rings. The molecule has 0 aliphatic carbocycles. The summed E-state index contributed by atoms with van der Waals surface area (Å²) < 4.78 is 7.42. The maximum absolute atomic E-state index is 12.7. The molecule has 0 spiro atoms. The van der Waals surface area contributed by atoms with E-state index in [1.165, 1.54) is 0 Å². The molecule has 2 N–H and O–H groups in total. The Bertz CT molecular complexity index is 1090. The molecule has 0 bridgehead atoms. The van der Waals surface area contributed by atoms with Gasteiger partial charge in [0.15, 0.2) is 0 Å². The van der Waals surface area contributed by atoms with Gasteiger partial charge in [0.05, 0.1) is 12.2 Å². The number of hydrogen-bond donors (Lipinski definition) is 2.